The highest BCUT2D eigenvalue weighted by Crippen LogP contribution is 2.38. The third-order valence-corrected chi connectivity index (χ3v) is 5.66. The molecule has 0 aliphatic heterocycles. The monoisotopic (exact) mass is 323 g/mol. The van der Waals surface area contributed by atoms with Gasteiger partial charge in [-0.15, -0.1) is 0 Å². The molecular weight excluding hydrogens is 298 g/mol. The van der Waals surface area contributed by atoms with Crippen molar-refractivity contribution in [3.8, 4) is 0 Å². The van der Waals surface area contributed by atoms with E-state index in [-0.39, 0.29) is 0 Å². The third-order valence-electron chi connectivity index (χ3n) is 4.81. The van der Waals surface area contributed by atoms with Gasteiger partial charge in [0.25, 0.3) is 0 Å². The Bertz CT molecular complexity index is 408. The molecule has 19 heavy (non-hydrogen) atoms. The standard InChI is InChI=1S/C17H26BrN/c1-4-13-6-9-14(10-7-13)17(19-3)15-8-5-12(2)16(18)11-15/h5,8,11,13-14,17,19H,4,6-7,9-10H2,1-3H3. The normalized spacial score (nSPS) is 25.3. The Balaban J connectivity index is 2.09. The lowest BCUT2D eigenvalue weighted by atomic mass is 9.76. The summed E-state index contributed by atoms with van der Waals surface area (Å²) in [5, 5.41) is 3.55. The van der Waals surface area contributed by atoms with Crippen LogP contribution in [0.4, 0.5) is 0 Å². The van der Waals surface area contributed by atoms with Gasteiger partial charge in [-0.2, -0.15) is 0 Å². The Labute approximate surface area is 126 Å². The molecule has 1 fully saturated rings. The van der Waals surface area contributed by atoms with Crippen molar-refractivity contribution in [1.29, 1.82) is 0 Å². The van der Waals surface area contributed by atoms with Crippen molar-refractivity contribution in [1.82, 2.24) is 5.32 Å². The van der Waals surface area contributed by atoms with Crippen molar-refractivity contribution in [2.24, 2.45) is 11.8 Å². The van der Waals surface area contributed by atoms with Gasteiger partial charge in [0.2, 0.25) is 0 Å². The van der Waals surface area contributed by atoms with E-state index in [9.17, 15) is 0 Å². The summed E-state index contributed by atoms with van der Waals surface area (Å²) in [6.07, 6.45) is 6.91. The maximum Gasteiger partial charge on any atom is 0.0346 e. The van der Waals surface area contributed by atoms with Crippen LogP contribution in [0, 0.1) is 18.8 Å². The largest absolute Gasteiger partial charge is 0.313 e. The summed E-state index contributed by atoms with van der Waals surface area (Å²) in [5.41, 5.74) is 2.74. The van der Waals surface area contributed by atoms with Crippen LogP contribution in [0.15, 0.2) is 22.7 Å². The molecule has 1 aliphatic carbocycles. The predicted octanol–water partition coefficient (Wildman–Crippen LogP) is 5.23. The first-order chi connectivity index (χ1) is 9.15. The molecule has 0 heterocycles. The van der Waals surface area contributed by atoms with Gasteiger partial charge in [0.1, 0.15) is 0 Å². The second-order valence-electron chi connectivity index (χ2n) is 5.96. The first-order valence-electron chi connectivity index (χ1n) is 7.59. The van der Waals surface area contributed by atoms with Crippen LogP contribution in [0.3, 0.4) is 0 Å². The fourth-order valence-corrected chi connectivity index (χ4v) is 3.80. The van der Waals surface area contributed by atoms with Crippen molar-refractivity contribution in [3.63, 3.8) is 0 Å². The smallest absolute Gasteiger partial charge is 0.0346 e. The molecule has 1 aliphatic rings. The Morgan fingerprint density at radius 1 is 1.26 bits per heavy atom. The Morgan fingerprint density at radius 3 is 2.47 bits per heavy atom. The van der Waals surface area contributed by atoms with E-state index in [2.05, 4.69) is 60.3 Å². The molecular formula is C17H26BrN. The summed E-state index contributed by atoms with van der Waals surface area (Å²) >= 11 is 3.66. The fraction of sp³-hybridized carbons (Fsp3) is 0.647. The number of hydrogen-bond donors (Lipinski definition) is 1. The molecule has 0 saturated heterocycles. The zero-order valence-corrected chi connectivity index (χ0v) is 14.0. The molecule has 0 bridgehead atoms. The molecule has 1 nitrogen and oxygen atoms in total. The van der Waals surface area contributed by atoms with Crippen LogP contribution >= 0.6 is 15.9 Å². The molecule has 2 heteroatoms. The summed E-state index contributed by atoms with van der Waals surface area (Å²) in [7, 11) is 2.10. The number of halogens is 1. The average Bonchev–Trinajstić information content (AvgIpc) is 2.44. The van der Waals surface area contributed by atoms with E-state index in [0.717, 1.165) is 11.8 Å². The number of benzene rings is 1. The van der Waals surface area contributed by atoms with Crippen LogP contribution in [0.5, 0.6) is 0 Å². The summed E-state index contributed by atoms with van der Waals surface area (Å²) in [5.74, 6) is 1.76. The number of aryl methyl sites for hydroxylation is 1. The van der Waals surface area contributed by atoms with E-state index in [0.29, 0.717) is 6.04 Å². The fourth-order valence-electron chi connectivity index (χ4n) is 3.41. The maximum absolute atomic E-state index is 3.66. The van der Waals surface area contributed by atoms with E-state index in [1.165, 1.54) is 47.7 Å². The van der Waals surface area contributed by atoms with Crippen molar-refractivity contribution in [2.75, 3.05) is 7.05 Å². The van der Waals surface area contributed by atoms with Crippen molar-refractivity contribution in [3.05, 3.63) is 33.8 Å². The van der Waals surface area contributed by atoms with Crippen LogP contribution in [-0.4, -0.2) is 7.05 Å². The molecule has 1 atom stereocenters. The zero-order valence-electron chi connectivity index (χ0n) is 12.4. The second-order valence-corrected chi connectivity index (χ2v) is 6.82. The highest BCUT2D eigenvalue weighted by Gasteiger charge is 2.27. The first-order valence-corrected chi connectivity index (χ1v) is 8.38. The van der Waals surface area contributed by atoms with Crippen molar-refractivity contribution in [2.45, 2.75) is 52.0 Å². The molecule has 0 amide bonds. The van der Waals surface area contributed by atoms with E-state index < -0.39 is 0 Å². The number of nitrogens with one attached hydrogen (secondary N) is 1. The minimum absolute atomic E-state index is 0.509. The summed E-state index contributed by atoms with van der Waals surface area (Å²) < 4.78 is 1.23. The highest BCUT2D eigenvalue weighted by molar-refractivity contribution is 9.10. The Hall–Kier alpha value is -0.340. The number of hydrogen-bond acceptors (Lipinski definition) is 1. The van der Waals surface area contributed by atoms with Crippen LogP contribution in [-0.2, 0) is 0 Å². The molecule has 0 radical (unpaired) electrons. The topological polar surface area (TPSA) is 12.0 Å². The molecule has 0 spiro atoms. The van der Waals surface area contributed by atoms with Gasteiger partial charge in [0.15, 0.2) is 0 Å². The van der Waals surface area contributed by atoms with E-state index in [4.69, 9.17) is 0 Å². The van der Waals surface area contributed by atoms with Crippen LogP contribution in [0.2, 0.25) is 0 Å². The molecule has 1 aromatic carbocycles. The Kier molecular flexibility index (Phi) is 5.47. The predicted molar refractivity (Wildman–Crippen MR) is 86.4 cm³/mol. The van der Waals surface area contributed by atoms with Crippen LogP contribution < -0.4 is 5.32 Å². The van der Waals surface area contributed by atoms with Gasteiger partial charge in [0.05, 0.1) is 0 Å². The van der Waals surface area contributed by atoms with Crippen LogP contribution in [0.25, 0.3) is 0 Å². The molecule has 2 rings (SSSR count). The number of rotatable bonds is 4. The SMILES string of the molecule is CCC1CCC(C(NC)c2ccc(C)c(Br)c2)CC1. The van der Waals surface area contributed by atoms with Gasteiger partial charge in [-0.3, -0.25) is 0 Å². The van der Waals surface area contributed by atoms with E-state index >= 15 is 0 Å². The lowest BCUT2D eigenvalue weighted by Gasteiger charge is -2.34. The van der Waals surface area contributed by atoms with Crippen LogP contribution in [0.1, 0.15) is 56.2 Å². The van der Waals surface area contributed by atoms with Gasteiger partial charge in [0, 0.05) is 10.5 Å². The van der Waals surface area contributed by atoms with Gasteiger partial charge < -0.3 is 5.32 Å². The average molecular weight is 324 g/mol. The third kappa shape index (κ3) is 3.61. The van der Waals surface area contributed by atoms with E-state index in [1.54, 1.807) is 0 Å². The molecule has 0 aromatic heterocycles. The minimum atomic E-state index is 0.509. The lowest BCUT2D eigenvalue weighted by Crippen LogP contribution is -2.28. The Morgan fingerprint density at radius 2 is 1.95 bits per heavy atom. The van der Waals surface area contributed by atoms with Gasteiger partial charge in [-0.1, -0.05) is 54.2 Å². The minimum Gasteiger partial charge on any atom is -0.313 e. The molecule has 1 N–H and O–H groups in total. The van der Waals surface area contributed by atoms with Gasteiger partial charge in [-0.05, 0) is 55.8 Å². The molecule has 1 unspecified atom stereocenters. The summed E-state index contributed by atoms with van der Waals surface area (Å²) in [6.45, 7) is 4.48. The lowest BCUT2D eigenvalue weighted by molar-refractivity contribution is 0.224. The summed E-state index contributed by atoms with van der Waals surface area (Å²) in [6, 6.07) is 7.31. The molecule has 1 saturated carbocycles. The van der Waals surface area contributed by atoms with Gasteiger partial charge >= 0.3 is 0 Å². The first kappa shape index (κ1) is 15.1. The maximum atomic E-state index is 3.66. The molecule has 106 valence electrons. The second kappa shape index (κ2) is 6.90. The van der Waals surface area contributed by atoms with E-state index in [1.807, 2.05) is 0 Å². The van der Waals surface area contributed by atoms with Gasteiger partial charge in [-0.25, -0.2) is 0 Å². The molecule has 1 aromatic rings. The van der Waals surface area contributed by atoms with Crippen molar-refractivity contribution >= 4 is 15.9 Å². The quantitative estimate of drug-likeness (QED) is 0.799. The summed E-state index contributed by atoms with van der Waals surface area (Å²) in [4.78, 5) is 0. The van der Waals surface area contributed by atoms with Crippen molar-refractivity contribution < 1.29 is 0 Å². The zero-order chi connectivity index (χ0) is 13.8. The highest BCUT2D eigenvalue weighted by atomic mass is 79.9.